The van der Waals surface area contributed by atoms with Crippen molar-refractivity contribution in [2.75, 3.05) is 37.4 Å². The van der Waals surface area contributed by atoms with E-state index >= 15 is 0 Å². The molecule has 0 spiro atoms. The monoisotopic (exact) mass is 446 g/mol. The van der Waals surface area contributed by atoms with Crippen molar-refractivity contribution in [3.05, 3.63) is 59.1 Å². The van der Waals surface area contributed by atoms with Gasteiger partial charge in [-0.1, -0.05) is 41.6 Å². The standard InChI is InChI=1S/C21H20ClFN4O2S/c22-16-11-14(23)5-6-18(16)25-20(28)13-30-21-15-3-1-2-4-17(15)24-19(26-21)12-27-7-9-29-10-8-27/h1-6,11H,7-10,12-13H2,(H,25,28). The van der Waals surface area contributed by atoms with Crippen LogP contribution in [0.1, 0.15) is 5.82 Å². The molecule has 1 saturated heterocycles. The lowest BCUT2D eigenvalue weighted by Gasteiger charge is -2.25. The Labute approximate surface area is 182 Å². The predicted octanol–water partition coefficient (Wildman–Crippen LogP) is 3.99. The van der Waals surface area contributed by atoms with Gasteiger partial charge in [-0.25, -0.2) is 14.4 Å². The van der Waals surface area contributed by atoms with Gasteiger partial charge in [0.2, 0.25) is 5.91 Å². The van der Waals surface area contributed by atoms with Gasteiger partial charge >= 0.3 is 0 Å². The summed E-state index contributed by atoms with van der Waals surface area (Å²) in [6.07, 6.45) is 0. The molecule has 4 rings (SSSR count). The van der Waals surface area contributed by atoms with Gasteiger partial charge in [-0.3, -0.25) is 9.69 Å². The second kappa shape index (κ2) is 9.70. The van der Waals surface area contributed by atoms with E-state index in [2.05, 4.69) is 15.2 Å². The van der Waals surface area contributed by atoms with Crippen molar-refractivity contribution < 1.29 is 13.9 Å². The van der Waals surface area contributed by atoms with Gasteiger partial charge in [0.15, 0.2) is 0 Å². The molecule has 1 fully saturated rings. The molecule has 2 aromatic carbocycles. The summed E-state index contributed by atoms with van der Waals surface area (Å²) in [6.45, 7) is 3.75. The van der Waals surface area contributed by atoms with Gasteiger partial charge in [-0.15, -0.1) is 0 Å². The zero-order valence-electron chi connectivity index (χ0n) is 16.1. The van der Waals surface area contributed by atoms with E-state index in [1.54, 1.807) is 0 Å². The number of amides is 1. The highest BCUT2D eigenvalue weighted by molar-refractivity contribution is 8.00. The third-order valence-corrected chi connectivity index (χ3v) is 5.93. The van der Waals surface area contributed by atoms with Crippen molar-refractivity contribution in [3.63, 3.8) is 0 Å². The Balaban J connectivity index is 1.48. The maximum Gasteiger partial charge on any atom is 0.234 e. The molecule has 1 aliphatic heterocycles. The number of carbonyl (C=O) groups is 1. The van der Waals surface area contributed by atoms with Crippen LogP contribution < -0.4 is 5.32 Å². The van der Waals surface area contributed by atoms with E-state index in [9.17, 15) is 9.18 Å². The minimum atomic E-state index is -0.451. The molecule has 156 valence electrons. The number of thioether (sulfide) groups is 1. The van der Waals surface area contributed by atoms with Crippen molar-refractivity contribution in [2.24, 2.45) is 0 Å². The number of anilines is 1. The summed E-state index contributed by atoms with van der Waals surface area (Å²) < 4.78 is 18.6. The molecule has 30 heavy (non-hydrogen) atoms. The molecule has 1 aromatic heterocycles. The summed E-state index contributed by atoms with van der Waals surface area (Å²) in [7, 11) is 0. The Kier molecular flexibility index (Phi) is 6.79. The van der Waals surface area contributed by atoms with E-state index < -0.39 is 5.82 Å². The van der Waals surface area contributed by atoms with Crippen LogP contribution in [-0.2, 0) is 16.1 Å². The Hall–Kier alpha value is -2.26. The van der Waals surface area contributed by atoms with E-state index in [1.807, 2.05) is 24.3 Å². The molecule has 0 saturated carbocycles. The summed E-state index contributed by atoms with van der Waals surface area (Å²) >= 11 is 7.33. The Morgan fingerprint density at radius 2 is 2.00 bits per heavy atom. The van der Waals surface area contributed by atoms with E-state index in [0.717, 1.165) is 34.8 Å². The molecule has 1 N–H and O–H groups in total. The molecule has 0 unspecified atom stereocenters. The highest BCUT2D eigenvalue weighted by Gasteiger charge is 2.16. The first-order valence-corrected chi connectivity index (χ1v) is 10.9. The molecule has 1 aliphatic rings. The third kappa shape index (κ3) is 5.26. The number of benzene rings is 2. The molecule has 1 amide bonds. The topological polar surface area (TPSA) is 67.4 Å². The van der Waals surface area contributed by atoms with E-state index in [4.69, 9.17) is 21.3 Å². The van der Waals surface area contributed by atoms with Gasteiger partial charge in [0.1, 0.15) is 16.7 Å². The summed E-state index contributed by atoms with van der Waals surface area (Å²) in [4.78, 5) is 24.1. The molecule has 0 aliphatic carbocycles. The van der Waals surface area contributed by atoms with Crippen molar-refractivity contribution in [1.82, 2.24) is 14.9 Å². The Morgan fingerprint density at radius 1 is 1.20 bits per heavy atom. The average molecular weight is 447 g/mol. The van der Waals surface area contributed by atoms with E-state index in [1.165, 1.54) is 30.0 Å². The van der Waals surface area contributed by atoms with Crippen LogP contribution in [0.2, 0.25) is 5.02 Å². The highest BCUT2D eigenvalue weighted by Crippen LogP contribution is 2.27. The Morgan fingerprint density at radius 3 is 2.80 bits per heavy atom. The maximum absolute atomic E-state index is 13.2. The number of para-hydroxylation sites is 1. The van der Waals surface area contributed by atoms with Gasteiger partial charge in [0, 0.05) is 18.5 Å². The SMILES string of the molecule is O=C(CSc1nc(CN2CCOCC2)nc2ccccc12)Nc1ccc(F)cc1Cl. The number of halogens is 2. The summed E-state index contributed by atoms with van der Waals surface area (Å²) in [5.41, 5.74) is 1.23. The Bertz CT molecular complexity index is 1060. The van der Waals surface area contributed by atoms with Gasteiger partial charge < -0.3 is 10.1 Å². The number of fused-ring (bicyclic) bond motifs is 1. The number of morpholine rings is 1. The summed E-state index contributed by atoms with van der Waals surface area (Å²) in [5, 5.41) is 4.53. The molecule has 0 bridgehead atoms. The highest BCUT2D eigenvalue weighted by atomic mass is 35.5. The number of hydrogen-bond acceptors (Lipinski definition) is 6. The minimum absolute atomic E-state index is 0.145. The van der Waals surface area contributed by atoms with Crippen molar-refractivity contribution in [1.29, 1.82) is 0 Å². The molecule has 2 heterocycles. The van der Waals surface area contributed by atoms with Gasteiger partial charge in [0.05, 0.1) is 41.7 Å². The molecular weight excluding hydrogens is 427 g/mol. The lowest BCUT2D eigenvalue weighted by atomic mass is 10.2. The largest absolute Gasteiger partial charge is 0.379 e. The molecular formula is C21H20ClFN4O2S. The number of hydrogen-bond donors (Lipinski definition) is 1. The molecule has 9 heteroatoms. The summed E-state index contributed by atoms with van der Waals surface area (Å²) in [5.74, 6) is 0.171. The van der Waals surface area contributed by atoms with Crippen LogP contribution in [0.5, 0.6) is 0 Å². The van der Waals surface area contributed by atoms with Crippen LogP contribution in [0.15, 0.2) is 47.5 Å². The van der Waals surface area contributed by atoms with E-state index in [-0.39, 0.29) is 16.7 Å². The number of rotatable bonds is 6. The average Bonchev–Trinajstić information content (AvgIpc) is 2.75. The lowest BCUT2D eigenvalue weighted by molar-refractivity contribution is -0.113. The van der Waals surface area contributed by atoms with Crippen LogP contribution in [0.4, 0.5) is 10.1 Å². The van der Waals surface area contributed by atoms with Crippen molar-refractivity contribution in [3.8, 4) is 0 Å². The zero-order chi connectivity index (χ0) is 20.9. The fourth-order valence-corrected chi connectivity index (χ4v) is 4.20. The fraction of sp³-hybridized carbons (Fsp3) is 0.286. The first kappa shape index (κ1) is 21.0. The third-order valence-electron chi connectivity index (χ3n) is 4.63. The smallest absolute Gasteiger partial charge is 0.234 e. The second-order valence-corrected chi connectivity index (χ2v) is 8.18. The van der Waals surface area contributed by atoms with Crippen molar-refractivity contribution >= 4 is 45.9 Å². The molecule has 3 aromatic rings. The van der Waals surface area contributed by atoms with Gasteiger partial charge in [-0.05, 0) is 24.3 Å². The van der Waals surface area contributed by atoms with Gasteiger partial charge in [0.25, 0.3) is 0 Å². The predicted molar refractivity (Wildman–Crippen MR) is 116 cm³/mol. The second-order valence-electron chi connectivity index (χ2n) is 6.81. The van der Waals surface area contributed by atoms with Crippen LogP contribution in [-0.4, -0.2) is 52.8 Å². The quantitative estimate of drug-likeness (QED) is 0.456. The molecule has 6 nitrogen and oxygen atoms in total. The van der Waals surface area contributed by atoms with Crippen LogP contribution >= 0.6 is 23.4 Å². The fourth-order valence-electron chi connectivity index (χ4n) is 3.14. The maximum atomic E-state index is 13.2. The molecule has 0 atom stereocenters. The van der Waals surface area contributed by atoms with Crippen LogP contribution in [0.3, 0.4) is 0 Å². The minimum Gasteiger partial charge on any atom is -0.379 e. The normalized spacial score (nSPS) is 14.7. The first-order valence-electron chi connectivity index (χ1n) is 9.52. The van der Waals surface area contributed by atoms with E-state index in [0.29, 0.717) is 25.4 Å². The molecule has 0 radical (unpaired) electrons. The van der Waals surface area contributed by atoms with Crippen LogP contribution in [0.25, 0.3) is 10.9 Å². The zero-order valence-corrected chi connectivity index (χ0v) is 17.7. The number of aromatic nitrogens is 2. The first-order chi connectivity index (χ1) is 14.6. The number of carbonyl (C=O) groups excluding carboxylic acids is 1. The number of nitrogens with zero attached hydrogens (tertiary/aromatic N) is 3. The number of nitrogens with one attached hydrogen (secondary N) is 1. The van der Waals surface area contributed by atoms with Crippen LogP contribution in [0, 0.1) is 5.82 Å². The van der Waals surface area contributed by atoms with Gasteiger partial charge in [-0.2, -0.15) is 0 Å². The summed E-state index contributed by atoms with van der Waals surface area (Å²) in [6, 6.07) is 11.6. The number of ether oxygens (including phenoxy) is 1. The van der Waals surface area contributed by atoms with Crippen molar-refractivity contribution in [2.45, 2.75) is 11.6 Å². The lowest BCUT2D eigenvalue weighted by Crippen LogP contribution is -2.36.